The predicted octanol–water partition coefficient (Wildman–Crippen LogP) is 4.72. The fraction of sp³-hybridized carbons (Fsp3) is 0.500. The molecule has 0 amide bonds. The number of hydrogen-bond donors (Lipinski definition) is 2. The van der Waals surface area contributed by atoms with E-state index >= 15 is 4.39 Å². The third-order valence-corrected chi connectivity index (χ3v) is 7.30. The van der Waals surface area contributed by atoms with E-state index in [0.29, 0.717) is 56.1 Å². The molecule has 8 heteroatoms. The fourth-order valence-corrected chi connectivity index (χ4v) is 5.44. The Hall–Kier alpha value is -2.84. The van der Waals surface area contributed by atoms with Gasteiger partial charge in [0.05, 0.1) is 24.8 Å². The summed E-state index contributed by atoms with van der Waals surface area (Å²) >= 11 is 0. The van der Waals surface area contributed by atoms with Gasteiger partial charge in [-0.15, -0.1) is 0 Å². The molecule has 2 heterocycles. The summed E-state index contributed by atoms with van der Waals surface area (Å²) in [6, 6.07) is 7.89. The number of benzene rings is 1. The summed E-state index contributed by atoms with van der Waals surface area (Å²) < 4.78 is 33.8. The van der Waals surface area contributed by atoms with Gasteiger partial charge in [0, 0.05) is 30.3 Å². The SMILES string of the molecule is Cc1c(OCCNCCCF)ncc(F)c1[C@@H]1C2=C(C[C@@H](C)N1C[C@H](C)C(=O)O)c1ccccc1C2. The lowest BCUT2D eigenvalue weighted by Gasteiger charge is -2.43. The van der Waals surface area contributed by atoms with Gasteiger partial charge in [-0.2, -0.15) is 0 Å². The first-order valence-electron chi connectivity index (χ1n) is 12.7. The van der Waals surface area contributed by atoms with E-state index in [1.54, 1.807) is 6.92 Å². The van der Waals surface area contributed by atoms with Crippen molar-refractivity contribution in [3.63, 3.8) is 0 Å². The summed E-state index contributed by atoms with van der Waals surface area (Å²) in [5, 5.41) is 12.8. The van der Waals surface area contributed by atoms with Crippen LogP contribution >= 0.6 is 0 Å². The van der Waals surface area contributed by atoms with Crippen LogP contribution in [0.3, 0.4) is 0 Å². The molecular formula is C28H35F2N3O3. The molecule has 3 atom stereocenters. The lowest BCUT2D eigenvalue weighted by molar-refractivity contribution is -0.142. The molecule has 0 saturated heterocycles. The number of hydrogen-bond acceptors (Lipinski definition) is 5. The van der Waals surface area contributed by atoms with Crippen LogP contribution in [0.25, 0.3) is 5.57 Å². The maximum absolute atomic E-state index is 15.6. The van der Waals surface area contributed by atoms with E-state index in [4.69, 9.17) is 4.74 Å². The maximum atomic E-state index is 15.6. The summed E-state index contributed by atoms with van der Waals surface area (Å²) in [4.78, 5) is 18.1. The number of fused-ring (bicyclic) bond motifs is 2. The third kappa shape index (κ3) is 5.30. The normalized spacial score (nSPS) is 20.2. The number of carboxylic acids is 1. The van der Waals surface area contributed by atoms with Crippen molar-refractivity contribution in [2.45, 2.75) is 52.1 Å². The predicted molar refractivity (Wildman–Crippen MR) is 135 cm³/mol. The molecule has 2 aliphatic rings. The molecule has 2 N–H and O–H groups in total. The van der Waals surface area contributed by atoms with Crippen molar-refractivity contribution in [1.29, 1.82) is 0 Å². The van der Waals surface area contributed by atoms with Crippen LogP contribution in [-0.2, 0) is 11.2 Å². The van der Waals surface area contributed by atoms with Crippen LogP contribution in [-0.4, -0.2) is 59.9 Å². The molecule has 1 aromatic heterocycles. The molecule has 1 aromatic carbocycles. The second kappa shape index (κ2) is 11.5. The van der Waals surface area contributed by atoms with Crippen molar-refractivity contribution in [3.8, 4) is 5.88 Å². The number of alkyl halides is 1. The number of halogens is 2. The van der Waals surface area contributed by atoms with Gasteiger partial charge in [0.15, 0.2) is 0 Å². The molecule has 0 radical (unpaired) electrons. The van der Waals surface area contributed by atoms with Crippen LogP contribution in [0.1, 0.15) is 55.0 Å². The van der Waals surface area contributed by atoms with Crippen LogP contribution in [0, 0.1) is 18.7 Å². The highest BCUT2D eigenvalue weighted by Gasteiger charge is 2.41. The van der Waals surface area contributed by atoms with Crippen LogP contribution in [0.2, 0.25) is 0 Å². The summed E-state index contributed by atoms with van der Waals surface area (Å²) in [5.41, 5.74) is 5.90. The zero-order valence-corrected chi connectivity index (χ0v) is 21.2. The number of rotatable bonds is 11. The van der Waals surface area contributed by atoms with Gasteiger partial charge in [-0.1, -0.05) is 31.2 Å². The quantitative estimate of drug-likeness (QED) is 0.436. The highest BCUT2D eigenvalue weighted by molar-refractivity contribution is 5.79. The highest BCUT2D eigenvalue weighted by Crippen LogP contribution is 2.50. The number of ether oxygens (including phenoxy) is 1. The average Bonchev–Trinajstić information content (AvgIpc) is 3.22. The molecule has 1 aliphatic heterocycles. The Labute approximate surface area is 211 Å². The number of carboxylic acid groups (broad SMARTS) is 1. The first-order chi connectivity index (χ1) is 17.3. The number of pyridine rings is 1. The second-order valence-electron chi connectivity index (χ2n) is 9.82. The van der Waals surface area contributed by atoms with Gasteiger partial charge in [0.2, 0.25) is 5.88 Å². The molecule has 0 unspecified atom stereocenters. The molecule has 1 aliphatic carbocycles. The lowest BCUT2D eigenvalue weighted by atomic mass is 9.83. The number of aliphatic carboxylic acids is 1. The third-order valence-electron chi connectivity index (χ3n) is 7.30. The van der Waals surface area contributed by atoms with Gasteiger partial charge in [-0.25, -0.2) is 9.37 Å². The van der Waals surface area contributed by atoms with Gasteiger partial charge in [0.1, 0.15) is 12.4 Å². The molecule has 0 spiro atoms. The summed E-state index contributed by atoms with van der Waals surface area (Å²) in [5.74, 6) is -1.53. The molecule has 6 nitrogen and oxygen atoms in total. The molecule has 36 heavy (non-hydrogen) atoms. The van der Waals surface area contributed by atoms with Gasteiger partial charge in [-0.3, -0.25) is 14.1 Å². The van der Waals surface area contributed by atoms with Gasteiger partial charge in [0.25, 0.3) is 0 Å². The average molecular weight is 500 g/mol. The van der Waals surface area contributed by atoms with E-state index < -0.39 is 23.7 Å². The Morgan fingerprint density at radius 1 is 1.33 bits per heavy atom. The van der Waals surface area contributed by atoms with E-state index in [-0.39, 0.29) is 12.7 Å². The standard InChI is InChI=1S/C28H35F2N3O3/c1-17(28(34)35)16-33-18(2)13-22-21-8-5-4-7-20(21)14-23(22)26(33)25-19(3)27(32-15-24(25)30)36-12-11-31-10-6-9-29/h4-5,7-8,15,17-18,26,31H,6,9-14,16H2,1-3H3,(H,34,35)/t17-,18+,26-/m0/s1. The van der Waals surface area contributed by atoms with Crippen molar-refractivity contribution in [2.75, 3.05) is 32.9 Å². The molecule has 0 bridgehead atoms. The van der Waals surface area contributed by atoms with E-state index in [1.807, 2.05) is 19.1 Å². The minimum absolute atomic E-state index is 0.0257. The Kier molecular flexibility index (Phi) is 8.36. The molecule has 0 fully saturated rings. The smallest absolute Gasteiger partial charge is 0.307 e. The zero-order chi connectivity index (χ0) is 25.8. The molecule has 4 rings (SSSR count). The van der Waals surface area contributed by atoms with Crippen molar-refractivity contribution < 1.29 is 23.4 Å². The summed E-state index contributed by atoms with van der Waals surface area (Å²) in [6.45, 7) is 6.96. The van der Waals surface area contributed by atoms with Gasteiger partial charge >= 0.3 is 5.97 Å². The minimum Gasteiger partial charge on any atom is -0.481 e. The number of nitrogens with one attached hydrogen (secondary N) is 1. The Balaban J connectivity index is 1.71. The molecule has 194 valence electrons. The second-order valence-corrected chi connectivity index (χ2v) is 9.82. The molecular weight excluding hydrogens is 464 g/mol. The summed E-state index contributed by atoms with van der Waals surface area (Å²) in [7, 11) is 0. The van der Waals surface area contributed by atoms with Crippen LogP contribution < -0.4 is 10.1 Å². The fourth-order valence-electron chi connectivity index (χ4n) is 5.44. The van der Waals surface area contributed by atoms with E-state index in [9.17, 15) is 14.3 Å². The van der Waals surface area contributed by atoms with Crippen molar-refractivity contribution in [1.82, 2.24) is 15.2 Å². The van der Waals surface area contributed by atoms with Crippen LogP contribution in [0.5, 0.6) is 5.88 Å². The zero-order valence-electron chi connectivity index (χ0n) is 21.2. The number of carbonyl (C=O) groups is 1. The first-order valence-corrected chi connectivity index (χ1v) is 12.7. The number of aromatic nitrogens is 1. The number of nitrogens with zero attached hydrogens (tertiary/aromatic N) is 2. The monoisotopic (exact) mass is 499 g/mol. The van der Waals surface area contributed by atoms with Gasteiger partial charge in [-0.05, 0) is 61.9 Å². The van der Waals surface area contributed by atoms with E-state index in [0.717, 1.165) is 12.0 Å². The Morgan fingerprint density at radius 2 is 2.11 bits per heavy atom. The van der Waals surface area contributed by atoms with Gasteiger partial charge < -0.3 is 15.2 Å². The Bertz CT molecular complexity index is 1140. The lowest BCUT2D eigenvalue weighted by Crippen LogP contribution is -2.45. The largest absolute Gasteiger partial charge is 0.481 e. The first kappa shape index (κ1) is 26.2. The van der Waals surface area contributed by atoms with E-state index in [1.165, 1.54) is 22.9 Å². The maximum Gasteiger partial charge on any atom is 0.307 e. The van der Waals surface area contributed by atoms with Crippen molar-refractivity contribution in [2.24, 2.45) is 5.92 Å². The summed E-state index contributed by atoms with van der Waals surface area (Å²) in [6.07, 6.45) is 3.14. The topological polar surface area (TPSA) is 74.7 Å². The minimum atomic E-state index is -0.869. The molecule has 0 saturated carbocycles. The Morgan fingerprint density at radius 3 is 2.86 bits per heavy atom. The van der Waals surface area contributed by atoms with E-state index in [2.05, 4.69) is 34.3 Å². The van der Waals surface area contributed by atoms with Crippen LogP contribution in [0.15, 0.2) is 36.0 Å². The highest BCUT2D eigenvalue weighted by atomic mass is 19.1. The van der Waals surface area contributed by atoms with Crippen LogP contribution in [0.4, 0.5) is 8.78 Å². The van der Waals surface area contributed by atoms with Crippen molar-refractivity contribution in [3.05, 3.63) is 64.1 Å². The van der Waals surface area contributed by atoms with Crippen molar-refractivity contribution >= 4 is 11.5 Å². The molecule has 2 aromatic rings.